The Bertz CT molecular complexity index is 1800. The van der Waals surface area contributed by atoms with E-state index >= 15 is 0 Å². The first kappa shape index (κ1) is 33.2. The zero-order valence-corrected chi connectivity index (χ0v) is 28.2. The quantitative estimate of drug-likeness (QED) is 0.0679. The van der Waals surface area contributed by atoms with E-state index in [2.05, 4.69) is 10.6 Å². The predicted molar refractivity (Wildman–Crippen MR) is 190 cm³/mol. The number of thiophene rings is 2. The van der Waals surface area contributed by atoms with Crippen molar-refractivity contribution in [3.63, 3.8) is 0 Å². The summed E-state index contributed by atoms with van der Waals surface area (Å²) in [6, 6.07) is 35.4. The smallest absolute Gasteiger partial charge is 0.419 e. The molecule has 2 aromatic heterocycles. The topological polar surface area (TPSA) is 95.1 Å². The number of carbonyl (C=O) groups excluding carboxylic acids is 2. The number of ether oxygens (including phenoxy) is 4. The molecule has 0 spiro atoms. The minimum absolute atomic E-state index is 0.245. The first-order chi connectivity index (χ1) is 23.5. The third-order valence-electron chi connectivity index (χ3n) is 7.93. The summed E-state index contributed by atoms with van der Waals surface area (Å²) in [5.74, 6) is -0.747. The van der Waals surface area contributed by atoms with E-state index in [1.165, 1.54) is 0 Å². The van der Waals surface area contributed by atoms with Crippen LogP contribution in [0.4, 0.5) is 0 Å². The van der Waals surface area contributed by atoms with Gasteiger partial charge in [-0.05, 0) is 71.0 Å². The Kier molecular flexibility index (Phi) is 11.0. The zero-order chi connectivity index (χ0) is 33.3. The summed E-state index contributed by atoms with van der Waals surface area (Å²) >= 11 is 3.20. The van der Waals surface area contributed by atoms with Crippen molar-refractivity contribution in [1.82, 2.24) is 10.6 Å². The van der Waals surface area contributed by atoms with Gasteiger partial charge in [0.2, 0.25) is 0 Å². The average Bonchev–Trinajstić information content (AvgIpc) is 3.82. The van der Waals surface area contributed by atoms with Gasteiger partial charge in [-0.1, -0.05) is 84.9 Å². The molecule has 4 aromatic carbocycles. The van der Waals surface area contributed by atoms with E-state index in [1.807, 2.05) is 120 Å². The van der Waals surface area contributed by atoms with Crippen LogP contribution in [-0.4, -0.2) is 38.5 Å². The molecule has 0 fully saturated rings. The highest BCUT2D eigenvalue weighted by molar-refractivity contribution is 7.17. The highest BCUT2D eigenvalue weighted by atomic mass is 32.1. The normalized spacial score (nSPS) is 13.8. The maximum atomic E-state index is 13.1. The van der Waals surface area contributed by atoms with Gasteiger partial charge in [-0.15, -0.1) is 22.7 Å². The third-order valence-corrected chi connectivity index (χ3v) is 9.82. The molecule has 48 heavy (non-hydrogen) atoms. The van der Waals surface area contributed by atoms with E-state index in [1.54, 1.807) is 36.8 Å². The van der Waals surface area contributed by atoms with Gasteiger partial charge in [0, 0.05) is 12.8 Å². The fourth-order valence-corrected chi connectivity index (χ4v) is 7.17. The second kappa shape index (κ2) is 15.9. The van der Waals surface area contributed by atoms with Crippen molar-refractivity contribution in [3.8, 4) is 11.5 Å². The molecule has 2 N–H and O–H groups in total. The van der Waals surface area contributed by atoms with E-state index in [4.69, 9.17) is 18.9 Å². The molecule has 2 unspecified atom stereocenters. The summed E-state index contributed by atoms with van der Waals surface area (Å²) in [4.78, 5) is 26.2. The molecule has 0 saturated heterocycles. The molecular weight excluding hydrogens is 645 g/mol. The van der Waals surface area contributed by atoms with Gasteiger partial charge in [0.25, 0.3) is 0 Å². The highest BCUT2D eigenvalue weighted by Crippen LogP contribution is 2.36. The summed E-state index contributed by atoms with van der Waals surface area (Å²) < 4.78 is 26.4. The lowest BCUT2D eigenvalue weighted by atomic mass is 10.1. The number of nitrogens with one attached hydrogen (secondary N) is 2. The fraction of sp³-hybridized carbons (Fsp3) is 0.211. The van der Waals surface area contributed by atoms with Crippen LogP contribution in [0.2, 0.25) is 0 Å². The van der Waals surface area contributed by atoms with Gasteiger partial charge < -0.3 is 18.9 Å². The number of hydrogen-bond donors (Lipinski definition) is 2. The van der Waals surface area contributed by atoms with Gasteiger partial charge in [-0.2, -0.15) is 0 Å². The molecule has 0 amide bonds. The molecule has 4 atom stereocenters. The fourth-order valence-electron chi connectivity index (χ4n) is 5.46. The highest BCUT2D eigenvalue weighted by Gasteiger charge is 2.30. The van der Waals surface area contributed by atoms with E-state index in [9.17, 15) is 9.59 Å². The molecule has 8 nitrogen and oxygen atoms in total. The maximum Gasteiger partial charge on any atom is 0.419 e. The van der Waals surface area contributed by atoms with Crippen LogP contribution in [0.1, 0.15) is 36.2 Å². The number of benzene rings is 4. The van der Waals surface area contributed by atoms with Crippen molar-refractivity contribution in [2.45, 2.75) is 37.5 Å². The van der Waals surface area contributed by atoms with Gasteiger partial charge in [0.1, 0.15) is 23.7 Å². The molecular formula is C38H36N2O6S2. The van der Waals surface area contributed by atoms with Crippen molar-refractivity contribution < 1.29 is 28.5 Å². The first-order valence-corrected chi connectivity index (χ1v) is 17.4. The lowest BCUT2D eigenvalue weighted by molar-refractivity contribution is -0.177. The van der Waals surface area contributed by atoms with Crippen molar-refractivity contribution in [3.05, 3.63) is 131 Å². The molecule has 0 radical (unpaired) electrons. The summed E-state index contributed by atoms with van der Waals surface area (Å²) in [6.07, 6.45) is -2.12. The van der Waals surface area contributed by atoms with Crippen molar-refractivity contribution in [2.75, 3.05) is 14.1 Å². The second-order valence-electron chi connectivity index (χ2n) is 11.1. The largest absolute Gasteiger partial charge is 0.484 e. The molecule has 246 valence electrons. The first-order valence-electron chi connectivity index (χ1n) is 15.6. The Balaban J connectivity index is 1.13. The summed E-state index contributed by atoms with van der Waals surface area (Å²) in [6.45, 7) is 0. The predicted octanol–water partition coefficient (Wildman–Crippen LogP) is 8.01. The van der Waals surface area contributed by atoms with Crippen LogP contribution < -0.4 is 20.1 Å². The molecule has 0 saturated carbocycles. The van der Waals surface area contributed by atoms with Crippen molar-refractivity contribution in [1.29, 1.82) is 0 Å². The van der Waals surface area contributed by atoms with E-state index < -0.39 is 36.6 Å². The van der Waals surface area contributed by atoms with Crippen LogP contribution in [0.25, 0.3) is 20.2 Å². The second-order valence-corrected chi connectivity index (χ2v) is 12.9. The molecule has 0 aliphatic carbocycles. The van der Waals surface area contributed by atoms with Crippen LogP contribution in [0.5, 0.6) is 11.5 Å². The summed E-state index contributed by atoms with van der Waals surface area (Å²) in [5.41, 5.74) is 1.82. The van der Waals surface area contributed by atoms with Gasteiger partial charge in [0.15, 0.2) is 12.5 Å². The Labute approximate surface area is 287 Å². The minimum atomic E-state index is -1.11. The Morgan fingerprint density at radius 3 is 1.38 bits per heavy atom. The maximum absolute atomic E-state index is 13.1. The van der Waals surface area contributed by atoms with Crippen molar-refractivity contribution >= 4 is 54.8 Å². The van der Waals surface area contributed by atoms with Crippen LogP contribution in [-0.2, 0) is 19.1 Å². The van der Waals surface area contributed by atoms with Crippen molar-refractivity contribution in [2.24, 2.45) is 0 Å². The number of esters is 2. The zero-order valence-electron chi connectivity index (χ0n) is 26.5. The van der Waals surface area contributed by atoms with Crippen LogP contribution >= 0.6 is 22.7 Å². The SMILES string of the molecule is CNC(C[C@@H](Oc1cccc2ccsc12)c1ccccc1)OC(=O)C(=O)OC(C[C@@H](Oc1cccc2ccsc12)c1ccccc1)NC. The number of carbonyl (C=O) groups is 2. The standard InChI is InChI=1S/C38H36N2O6S2/c1-39-33(23-31(25-11-5-3-6-12-25)43-29-17-9-15-27-19-21-47-35(27)29)45-37(41)38(42)46-34(40-2)24-32(26-13-7-4-8-14-26)44-30-18-10-16-28-20-22-48-36(28)30/h3-22,31-34,39-40H,23-24H2,1-2H3/t31-,32-,33?,34?/m1/s1. The van der Waals surface area contributed by atoms with Crippen LogP contribution in [0.15, 0.2) is 120 Å². The Hall–Kier alpha value is -4.74. The Morgan fingerprint density at radius 1 is 0.562 bits per heavy atom. The number of fused-ring (bicyclic) bond motifs is 2. The molecule has 0 bridgehead atoms. The molecule has 0 aliphatic rings. The van der Waals surface area contributed by atoms with Gasteiger partial charge in [-0.3, -0.25) is 10.6 Å². The molecule has 2 heterocycles. The van der Waals surface area contributed by atoms with Crippen LogP contribution in [0.3, 0.4) is 0 Å². The van der Waals surface area contributed by atoms with E-state index in [-0.39, 0.29) is 12.8 Å². The molecule has 6 rings (SSSR count). The molecule has 10 heteroatoms. The van der Waals surface area contributed by atoms with Crippen LogP contribution in [0, 0.1) is 0 Å². The summed E-state index contributed by atoms with van der Waals surface area (Å²) in [7, 11) is 3.33. The van der Waals surface area contributed by atoms with E-state index in [0.29, 0.717) is 0 Å². The monoisotopic (exact) mass is 680 g/mol. The van der Waals surface area contributed by atoms with Gasteiger partial charge in [0.05, 0.1) is 9.40 Å². The average molecular weight is 681 g/mol. The minimum Gasteiger partial charge on any atom is -0.484 e. The van der Waals surface area contributed by atoms with E-state index in [0.717, 1.165) is 42.8 Å². The molecule has 6 aromatic rings. The van der Waals surface area contributed by atoms with Gasteiger partial charge in [-0.25, -0.2) is 9.59 Å². The van der Waals surface area contributed by atoms with Gasteiger partial charge >= 0.3 is 11.9 Å². The number of hydrogen-bond acceptors (Lipinski definition) is 10. The Morgan fingerprint density at radius 2 is 0.979 bits per heavy atom. The number of rotatable bonds is 14. The summed E-state index contributed by atoms with van der Waals surface area (Å²) in [5, 5.41) is 12.2. The molecule has 0 aliphatic heterocycles. The third kappa shape index (κ3) is 8.03. The lowest BCUT2D eigenvalue weighted by Gasteiger charge is -2.26. The lowest BCUT2D eigenvalue weighted by Crippen LogP contribution is -2.40.